The minimum atomic E-state index is 0.131. The summed E-state index contributed by atoms with van der Waals surface area (Å²) in [5.41, 5.74) is 16.8. The molecule has 0 atom stereocenters. The number of rotatable bonds is 9. The van der Waals surface area contributed by atoms with Crippen molar-refractivity contribution in [2.75, 3.05) is 20.0 Å². The molecule has 0 radical (unpaired) electrons. The third-order valence-electron chi connectivity index (χ3n) is 5.02. The number of nitrogens with two attached hydrogens (primary N) is 2. The number of benzene rings is 2. The number of methoxy groups -OCH3 is 2. The van der Waals surface area contributed by atoms with E-state index in [4.69, 9.17) is 20.9 Å². The number of hydrazone groups is 1. The van der Waals surface area contributed by atoms with Crippen LogP contribution < -0.4 is 20.9 Å². The smallest absolute Gasteiger partial charge is 0.162 e. The minimum Gasteiger partial charge on any atom is -0.493 e. The van der Waals surface area contributed by atoms with Crippen molar-refractivity contribution >= 4 is 17.5 Å². The largest absolute Gasteiger partial charge is 0.493 e. The van der Waals surface area contributed by atoms with Crippen molar-refractivity contribution in [2.24, 2.45) is 10.8 Å². The van der Waals surface area contributed by atoms with Crippen molar-refractivity contribution in [3.05, 3.63) is 72.1 Å². The summed E-state index contributed by atoms with van der Waals surface area (Å²) >= 11 is 0. The van der Waals surface area contributed by atoms with Crippen LogP contribution in [0.5, 0.6) is 11.5 Å². The van der Waals surface area contributed by atoms with Gasteiger partial charge in [0, 0.05) is 36.2 Å². The lowest BCUT2D eigenvalue weighted by Crippen LogP contribution is -2.12. The van der Waals surface area contributed by atoms with Gasteiger partial charge in [0.25, 0.3) is 0 Å². The molecule has 0 saturated heterocycles. The Labute approximate surface area is 185 Å². The Hall–Kier alpha value is -3.41. The molecule has 0 saturated carbocycles. The van der Waals surface area contributed by atoms with E-state index in [-0.39, 0.29) is 5.41 Å². The predicted octanol–water partition coefficient (Wildman–Crippen LogP) is 4.90. The molecule has 2 aromatic rings. The summed E-state index contributed by atoms with van der Waals surface area (Å²) in [7, 11) is 3.16. The molecule has 6 nitrogen and oxygen atoms in total. The molecule has 0 aliphatic heterocycles. The van der Waals surface area contributed by atoms with Crippen molar-refractivity contribution in [2.45, 2.75) is 39.2 Å². The molecule has 0 heterocycles. The van der Waals surface area contributed by atoms with Crippen LogP contribution in [0.1, 0.15) is 43.9 Å². The number of anilines is 1. The summed E-state index contributed by atoms with van der Waals surface area (Å²) in [6, 6.07) is 12.1. The average molecular weight is 423 g/mol. The molecule has 0 aliphatic carbocycles. The number of hydrogen-bond donors (Lipinski definition) is 2. The Balaban J connectivity index is 2.10. The molecular weight excluding hydrogens is 388 g/mol. The zero-order chi connectivity index (χ0) is 23.0. The maximum absolute atomic E-state index is 6.20. The lowest BCUT2D eigenvalue weighted by molar-refractivity contribution is 0.355. The molecule has 0 fully saturated rings. The first-order valence-electron chi connectivity index (χ1n) is 10.2. The first-order valence-corrected chi connectivity index (χ1v) is 10.2. The van der Waals surface area contributed by atoms with Gasteiger partial charge in [0.15, 0.2) is 11.5 Å². The zero-order valence-corrected chi connectivity index (χ0v) is 19.2. The molecule has 166 valence electrons. The highest BCUT2D eigenvalue weighted by Crippen LogP contribution is 2.35. The van der Waals surface area contributed by atoms with E-state index in [1.807, 2.05) is 6.07 Å². The highest BCUT2D eigenvalue weighted by atomic mass is 16.5. The van der Waals surface area contributed by atoms with Gasteiger partial charge in [0.2, 0.25) is 0 Å². The van der Waals surface area contributed by atoms with Crippen LogP contribution >= 0.6 is 0 Å². The summed E-state index contributed by atoms with van der Waals surface area (Å²) in [5, 5.41) is 6.31. The second-order valence-electron chi connectivity index (χ2n) is 8.22. The number of nitrogens with zero attached hydrogens (tertiary/aromatic N) is 2. The Bertz CT molecular complexity index is 941. The topological polar surface area (TPSA) is 86.1 Å². The fraction of sp³-hybridized carbons (Fsp3) is 0.320. The summed E-state index contributed by atoms with van der Waals surface area (Å²) in [4.78, 5) is 0. The Kier molecular flexibility index (Phi) is 8.14. The van der Waals surface area contributed by atoms with Gasteiger partial charge < -0.3 is 20.9 Å². The van der Waals surface area contributed by atoms with Gasteiger partial charge >= 0.3 is 0 Å². The summed E-state index contributed by atoms with van der Waals surface area (Å²) in [6.45, 7) is 11.1. The first kappa shape index (κ1) is 23.9. The SMILES string of the molecule is C=CN(Cc1ccc(C(C)(C)C)cc1)/N=C\C/C(=C/N)c1cc(OC)c(OC)cc1N. The number of nitrogen functional groups attached to an aromatic ring is 1. The quantitative estimate of drug-likeness (QED) is 0.341. The normalized spacial score (nSPS) is 12.1. The molecule has 0 spiro atoms. The molecular formula is C25H34N4O2. The van der Waals surface area contributed by atoms with Crippen LogP contribution in [0.4, 0.5) is 5.69 Å². The van der Waals surface area contributed by atoms with E-state index in [2.05, 4.69) is 56.7 Å². The van der Waals surface area contributed by atoms with E-state index >= 15 is 0 Å². The van der Waals surface area contributed by atoms with Crippen LogP contribution in [0.3, 0.4) is 0 Å². The predicted molar refractivity (Wildman–Crippen MR) is 130 cm³/mol. The van der Waals surface area contributed by atoms with E-state index in [1.165, 1.54) is 11.8 Å². The summed E-state index contributed by atoms with van der Waals surface area (Å²) in [5.74, 6) is 1.17. The highest BCUT2D eigenvalue weighted by molar-refractivity contribution is 5.85. The standard InChI is InChI=1S/C25H34N4O2/c1-7-29(17-18-8-10-20(11-9-18)25(2,3)4)28-13-12-19(16-26)21-14-23(30-5)24(31-6)15-22(21)27/h7-11,13-16H,1,12,17,26-27H2,2-6H3/b19-16-,28-13-. The number of allylic oxidation sites excluding steroid dienone is 1. The maximum atomic E-state index is 6.20. The van der Waals surface area contributed by atoms with Crippen LogP contribution in [0.2, 0.25) is 0 Å². The molecule has 2 rings (SSSR count). The Morgan fingerprint density at radius 3 is 2.23 bits per heavy atom. The van der Waals surface area contributed by atoms with Gasteiger partial charge in [-0.05, 0) is 34.4 Å². The molecule has 0 bridgehead atoms. The third-order valence-corrected chi connectivity index (χ3v) is 5.02. The van der Waals surface area contributed by atoms with Crippen molar-refractivity contribution in [3.63, 3.8) is 0 Å². The molecule has 4 N–H and O–H groups in total. The van der Waals surface area contributed by atoms with Gasteiger partial charge in [0.1, 0.15) is 0 Å². The molecule has 2 aromatic carbocycles. The highest BCUT2D eigenvalue weighted by Gasteiger charge is 2.14. The summed E-state index contributed by atoms with van der Waals surface area (Å²) < 4.78 is 10.7. The Morgan fingerprint density at radius 2 is 1.71 bits per heavy atom. The van der Waals surface area contributed by atoms with Crippen molar-refractivity contribution in [1.82, 2.24) is 5.01 Å². The molecule has 0 unspecified atom stereocenters. The molecule has 0 aliphatic rings. The molecule has 31 heavy (non-hydrogen) atoms. The second kappa shape index (κ2) is 10.6. The lowest BCUT2D eigenvalue weighted by Gasteiger charge is -2.20. The van der Waals surface area contributed by atoms with Crippen molar-refractivity contribution < 1.29 is 9.47 Å². The van der Waals surface area contributed by atoms with Crippen LogP contribution in [0.25, 0.3) is 5.57 Å². The van der Waals surface area contributed by atoms with Gasteiger partial charge in [-0.25, -0.2) is 0 Å². The average Bonchev–Trinajstić information content (AvgIpc) is 2.75. The van der Waals surface area contributed by atoms with Crippen molar-refractivity contribution in [3.8, 4) is 11.5 Å². The second-order valence-corrected chi connectivity index (χ2v) is 8.22. The fourth-order valence-corrected chi connectivity index (χ4v) is 3.13. The lowest BCUT2D eigenvalue weighted by atomic mass is 9.87. The number of hydrogen-bond acceptors (Lipinski definition) is 6. The van der Waals surface area contributed by atoms with E-state index in [9.17, 15) is 0 Å². The summed E-state index contributed by atoms with van der Waals surface area (Å²) in [6.07, 6.45) is 5.53. The van der Waals surface area contributed by atoms with Gasteiger partial charge in [-0.1, -0.05) is 51.6 Å². The van der Waals surface area contributed by atoms with Gasteiger partial charge in [-0.15, -0.1) is 0 Å². The van der Waals surface area contributed by atoms with Crippen molar-refractivity contribution in [1.29, 1.82) is 0 Å². The molecule has 6 heteroatoms. The van der Waals surface area contributed by atoms with Crippen LogP contribution in [0.15, 0.2) is 60.5 Å². The van der Waals surface area contributed by atoms with Crippen LogP contribution in [0, 0.1) is 0 Å². The minimum absolute atomic E-state index is 0.131. The number of ether oxygens (including phenoxy) is 2. The fourth-order valence-electron chi connectivity index (χ4n) is 3.13. The molecule has 0 amide bonds. The van der Waals surface area contributed by atoms with E-state index in [0.29, 0.717) is 30.2 Å². The third kappa shape index (κ3) is 6.28. The van der Waals surface area contributed by atoms with Crippen LogP contribution in [-0.4, -0.2) is 25.4 Å². The zero-order valence-electron chi connectivity index (χ0n) is 19.2. The maximum Gasteiger partial charge on any atom is 0.162 e. The molecule has 0 aromatic heterocycles. The van der Waals surface area contributed by atoms with E-state index < -0.39 is 0 Å². The van der Waals surface area contributed by atoms with E-state index in [1.54, 1.807) is 37.7 Å². The van der Waals surface area contributed by atoms with Crippen LogP contribution in [-0.2, 0) is 12.0 Å². The van der Waals surface area contributed by atoms with Gasteiger partial charge in [-0.2, -0.15) is 5.10 Å². The first-order chi connectivity index (χ1) is 14.7. The van der Waals surface area contributed by atoms with Gasteiger partial charge in [0.05, 0.1) is 20.8 Å². The van der Waals surface area contributed by atoms with E-state index in [0.717, 1.165) is 16.7 Å². The monoisotopic (exact) mass is 422 g/mol. The Morgan fingerprint density at radius 1 is 1.10 bits per heavy atom. The van der Waals surface area contributed by atoms with Gasteiger partial charge in [-0.3, -0.25) is 5.01 Å².